The van der Waals surface area contributed by atoms with Gasteiger partial charge in [-0.3, -0.25) is 4.79 Å². The minimum atomic E-state index is -0.0861. The van der Waals surface area contributed by atoms with Crippen molar-refractivity contribution in [1.29, 1.82) is 0 Å². The number of benzene rings is 1. The number of nitrogens with zero attached hydrogens (tertiary/aromatic N) is 1. The van der Waals surface area contributed by atoms with Crippen LogP contribution in [0.1, 0.15) is 27.9 Å². The fourth-order valence-electron chi connectivity index (χ4n) is 1.61. The molecular formula is C16H22N2O2. The molecule has 0 heterocycles. The van der Waals surface area contributed by atoms with Crippen LogP contribution < -0.4 is 5.32 Å². The molecule has 20 heavy (non-hydrogen) atoms. The second kappa shape index (κ2) is 8.36. The lowest BCUT2D eigenvalue weighted by atomic mass is 10.0. The fourth-order valence-corrected chi connectivity index (χ4v) is 1.61. The van der Waals surface area contributed by atoms with Gasteiger partial charge in [0.15, 0.2) is 0 Å². The molecule has 108 valence electrons. The highest BCUT2D eigenvalue weighted by atomic mass is 16.2. The molecule has 0 fully saturated rings. The van der Waals surface area contributed by atoms with E-state index in [0.717, 1.165) is 17.7 Å². The predicted molar refractivity (Wildman–Crippen MR) is 80.6 cm³/mol. The average molecular weight is 274 g/mol. The van der Waals surface area contributed by atoms with Crippen LogP contribution in [0.2, 0.25) is 0 Å². The number of hydrogen-bond acceptors (Lipinski definition) is 3. The van der Waals surface area contributed by atoms with Crippen molar-refractivity contribution >= 4 is 5.91 Å². The molecule has 0 spiro atoms. The van der Waals surface area contributed by atoms with Crippen LogP contribution in [0.15, 0.2) is 18.2 Å². The van der Waals surface area contributed by atoms with Gasteiger partial charge < -0.3 is 15.3 Å². The van der Waals surface area contributed by atoms with Crippen molar-refractivity contribution in [3.05, 3.63) is 34.9 Å². The topological polar surface area (TPSA) is 52.6 Å². The van der Waals surface area contributed by atoms with Crippen molar-refractivity contribution in [3.63, 3.8) is 0 Å². The number of rotatable bonds is 5. The van der Waals surface area contributed by atoms with Gasteiger partial charge in [0, 0.05) is 30.6 Å². The highest BCUT2D eigenvalue weighted by Crippen LogP contribution is 2.10. The molecule has 0 unspecified atom stereocenters. The summed E-state index contributed by atoms with van der Waals surface area (Å²) < 4.78 is 0. The van der Waals surface area contributed by atoms with Crippen molar-refractivity contribution in [2.75, 3.05) is 33.8 Å². The molecule has 0 aromatic heterocycles. The Morgan fingerprint density at radius 3 is 2.80 bits per heavy atom. The van der Waals surface area contributed by atoms with Gasteiger partial charge in [-0.25, -0.2) is 0 Å². The summed E-state index contributed by atoms with van der Waals surface area (Å²) in [7, 11) is 3.93. The minimum Gasteiger partial charge on any atom is -0.395 e. The first-order chi connectivity index (χ1) is 9.54. The first kappa shape index (κ1) is 16.2. The number of nitrogens with one attached hydrogen (secondary N) is 1. The Morgan fingerprint density at radius 1 is 1.40 bits per heavy atom. The summed E-state index contributed by atoms with van der Waals surface area (Å²) in [4.78, 5) is 14.0. The Labute approximate surface area is 120 Å². The summed E-state index contributed by atoms with van der Waals surface area (Å²) in [6.07, 6.45) is 0.443. The molecular weight excluding hydrogens is 252 g/mol. The van der Waals surface area contributed by atoms with E-state index in [1.807, 2.05) is 32.0 Å². The third-order valence-corrected chi connectivity index (χ3v) is 2.80. The number of carbonyl (C=O) groups is 1. The standard InChI is InChI=1S/C16H22N2O2/c1-13-7-8-15(12-14(13)6-4-5-11-19)16(20)17-9-10-18(2)3/h7-8,12,19H,5,9-11H2,1-3H3,(H,17,20). The Balaban J connectivity index is 2.74. The van der Waals surface area contributed by atoms with Crippen LogP contribution in [0.4, 0.5) is 0 Å². The summed E-state index contributed by atoms with van der Waals surface area (Å²) in [5, 5.41) is 11.6. The molecule has 1 amide bonds. The second-order valence-corrected chi connectivity index (χ2v) is 4.86. The van der Waals surface area contributed by atoms with E-state index < -0.39 is 0 Å². The van der Waals surface area contributed by atoms with E-state index in [-0.39, 0.29) is 12.5 Å². The van der Waals surface area contributed by atoms with Crippen molar-refractivity contribution in [3.8, 4) is 11.8 Å². The lowest BCUT2D eigenvalue weighted by molar-refractivity contribution is 0.0951. The number of carbonyl (C=O) groups excluding carboxylic acids is 1. The Morgan fingerprint density at radius 2 is 2.15 bits per heavy atom. The summed E-state index contributed by atoms with van der Waals surface area (Å²) in [5.41, 5.74) is 2.47. The normalized spacial score (nSPS) is 10.1. The van der Waals surface area contributed by atoms with Crippen LogP contribution in [0.3, 0.4) is 0 Å². The summed E-state index contributed by atoms with van der Waals surface area (Å²) >= 11 is 0. The van der Waals surface area contributed by atoms with Gasteiger partial charge >= 0.3 is 0 Å². The van der Waals surface area contributed by atoms with Gasteiger partial charge in [0.1, 0.15) is 0 Å². The van der Waals surface area contributed by atoms with Gasteiger partial charge in [-0.2, -0.15) is 0 Å². The largest absolute Gasteiger partial charge is 0.395 e. The highest BCUT2D eigenvalue weighted by molar-refractivity contribution is 5.94. The molecule has 0 aliphatic heterocycles. The van der Waals surface area contributed by atoms with E-state index >= 15 is 0 Å². The monoisotopic (exact) mass is 274 g/mol. The van der Waals surface area contributed by atoms with Crippen molar-refractivity contribution < 1.29 is 9.90 Å². The number of aryl methyl sites for hydroxylation is 1. The lowest BCUT2D eigenvalue weighted by Crippen LogP contribution is -2.31. The van der Waals surface area contributed by atoms with Gasteiger partial charge in [0.25, 0.3) is 5.91 Å². The van der Waals surface area contributed by atoms with E-state index in [1.165, 1.54) is 0 Å². The average Bonchev–Trinajstić information content (AvgIpc) is 2.40. The van der Waals surface area contributed by atoms with Crippen LogP contribution in [-0.2, 0) is 0 Å². The number of aliphatic hydroxyl groups excluding tert-OH is 1. The molecule has 0 aliphatic carbocycles. The molecule has 1 aromatic rings. The SMILES string of the molecule is Cc1ccc(C(=O)NCCN(C)C)cc1C#CCCO. The lowest BCUT2D eigenvalue weighted by Gasteiger charge is -2.10. The molecule has 0 aliphatic rings. The van der Waals surface area contributed by atoms with Gasteiger partial charge in [-0.15, -0.1) is 0 Å². The van der Waals surface area contributed by atoms with Crippen molar-refractivity contribution in [2.24, 2.45) is 0 Å². The van der Waals surface area contributed by atoms with Crippen LogP contribution in [0, 0.1) is 18.8 Å². The summed E-state index contributed by atoms with van der Waals surface area (Å²) in [6, 6.07) is 5.49. The molecule has 0 bridgehead atoms. The third kappa shape index (κ3) is 5.43. The van der Waals surface area contributed by atoms with E-state index in [0.29, 0.717) is 18.5 Å². The molecule has 0 saturated carbocycles. The number of likely N-dealkylation sites (N-methyl/N-ethyl adjacent to an activating group) is 1. The maximum atomic E-state index is 12.0. The van der Waals surface area contributed by atoms with Crippen molar-refractivity contribution in [2.45, 2.75) is 13.3 Å². The van der Waals surface area contributed by atoms with Crippen LogP contribution >= 0.6 is 0 Å². The van der Waals surface area contributed by atoms with E-state index in [4.69, 9.17) is 5.11 Å². The number of amides is 1. The Bertz CT molecular complexity index is 513. The smallest absolute Gasteiger partial charge is 0.251 e. The molecule has 1 aromatic carbocycles. The predicted octanol–water partition coefficient (Wildman–Crippen LogP) is 1.02. The minimum absolute atomic E-state index is 0.0523. The summed E-state index contributed by atoms with van der Waals surface area (Å²) in [6.45, 7) is 3.43. The summed E-state index contributed by atoms with van der Waals surface area (Å²) in [5.74, 6) is 5.78. The zero-order chi connectivity index (χ0) is 15.0. The second-order valence-electron chi connectivity index (χ2n) is 4.86. The molecule has 0 radical (unpaired) electrons. The first-order valence-electron chi connectivity index (χ1n) is 6.68. The van der Waals surface area contributed by atoms with Gasteiger partial charge in [-0.05, 0) is 38.7 Å². The molecule has 2 N–H and O–H groups in total. The molecule has 4 nitrogen and oxygen atoms in total. The molecule has 1 rings (SSSR count). The Kier molecular flexibility index (Phi) is 6.78. The van der Waals surface area contributed by atoms with E-state index in [2.05, 4.69) is 17.2 Å². The highest BCUT2D eigenvalue weighted by Gasteiger charge is 2.06. The van der Waals surface area contributed by atoms with Gasteiger partial charge in [0.05, 0.1) is 6.61 Å². The number of aliphatic hydroxyl groups is 1. The van der Waals surface area contributed by atoms with Crippen LogP contribution in [0.25, 0.3) is 0 Å². The van der Waals surface area contributed by atoms with Crippen LogP contribution in [0.5, 0.6) is 0 Å². The zero-order valence-electron chi connectivity index (χ0n) is 12.4. The zero-order valence-corrected chi connectivity index (χ0v) is 12.4. The maximum Gasteiger partial charge on any atom is 0.251 e. The third-order valence-electron chi connectivity index (χ3n) is 2.80. The quantitative estimate of drug-likeness (QED) is 0.788. The molecule has 0 atom stereocenters. The number of hydrogen-bond donors (Lipinski definition) is 2. The molecule has 0 saturated heterocycles. The Hall–Kier alpha value is -1.83. The van der Waals surface area contributed by atoms with Gasteiger partial charge in [0.2, 0.25) is 0 Å². The van der Waals surface area contributed by atoms with E-state index in [1.54, 1.807) is 12.1 Å². The maximum absolute atomic E-state index is 12.0. The van der Waals surface area contributed by atoms with Crippen LogP contribution in [-0.4, -0.2) is 49.7 Å². The fraction of sp³-hybridized carbons (Fsp3) is 0.438. The molecule has 4 heteroatoms. The van der Waals surface area contributed by atoms with Crippen molar-refractivity contribution in [1.82, 2.24) is 10.2 Å². The first-order valence-corrected chi connectivity index (χ1v) is 6.68. The van der Waals surface area contributed by atoms with Gasteiger partial charge in [-0.1, -0.05) is 17.9 Å². The van der Waals surface area contributed by atoms with E-state index in [9.17, 15) is 4.79 Å².